The molecule has 1 amide bonds. The fourth-order valence-electron chi connectivity index (χ4n) is 1.63. The topological polar surface area (TPSA) is 29.1 Å². The van der Waals surface area contributed by atoms with Crippen molar-refractivity contribution < 1.29 is 13.6 Å². The van der Waals surface area contributed by atoms with Crippen molar-refractivity contribution in [2.45, 2.75) is 9.79 Å². The summed E-state index contributed by atoms with van der Waals surface area (Å²) in [6.45, 7) is 0. The Hall–Kier alpha value is -1.53. The molecule has 2 aromatic rings. The zero-order valence-electron chi connectivity index (χ0n) is 11.2. The lowest BCUT2D eigenvalue weighted by atomic mass is 10.3. The first-order chi connectivity index (χ1) is 10.1. The largest absolute Gasteiger partial charge is 0.325 e. The molecule has 0 radical (unpaired) electrons. The molecule has 1 N–H and O–H groups in total. The van der Waals surface area contributed by atoms with Gasteiger partial charge in [-0.3, -0.25) is 4.79 Å². The van der Waals surface area contributed by atoms with E-state index in [1.165, 1.54) is 12.1 Å². The summed E-state index contributed by atoms with van der Waals surface area (Å²) in [6, 6.07) is 10.8. The van der Waals surface area contributed by atoms with Crippen LogP contribution in [0.5, 0.6) is 0 Å². The highest BCUT2D eigenvalue weighted by Crippen LogP contribution is 2.23. The Kier molecular flexibility index (Phi) is 5.64. The van der Waals surface area contributed by atoms with Gasteiger partial charge in [0.05, 0.1) is 5.75 Å². The van der Waals surface area contributed by atoms with E-state index in [1.807, 2.05) is 24.5 Å². The molecule has 21 heavy (non-hydrogen) atoms. The lowest BCUT2D eigenvalue weighted by molar-refractivity contribution is -0.113. The maximum absolute atomic E-state index is 13.4. The van der Waals surface area contributed by atoms with Crippen LogP contribution < -0.4 is 5.32 Å². The third-order valence-corrected chi connectivity index (χ3v) is 4.38. The maximum atomic E-state index is 13.4. The van der Waals surface area contributed by atoms with Crippen molar-refractivity contribution >= 4 is 35.1 Å². The third kappa shape index (κ3) is 4.75. The summed E-state index contributed by atoms with van der Waals surface area (Å²) in [7, 11) is 0. The van der Waals surface area contributed by atoms with E-state index in [2.05, 4.69) is 5.32 Å². The minimum atomic E-state index is -0.655. The molecule has 6 heteroatoms. The number of rotatable bonds is 5. The van der Waals surface area contributed by atoms with E-state index in [9.17, 15) is 13.6 Å². The molecule has 2 nitrogen and oxygen atoms in total. The Morgan fingerprint density at radius 1 is 1.19 bits per heavy atom. The average molecular weight is 325 g/mol. The Bertz CT molecular complexity index is 649. The highest BCUT2D eigenvalue weighted by molar-refractivity contribution is 8.00. The molecule has 0 aliphatic rings. The fraction of sp³-hybridized carbons (Fsp3) is 0.133. The van der Waals surface area contributed by atoms with Crippen molar-refractivity contribution in [3.05, 3.63) is 54.1 Å². The Labute approximate surface area is 130 Å². The van der Waals surface area contributed by atoms with Crippen LogP contribution in [0.3, 0.4) is 0 Å². The number of thioether (sulfide) groups is 2. The monoisotopic (exact) mass is 325 g/mol. The van der Waals surface area contributed by atoms with Gasteiger partial charge >= 0.3 is 0 Å². The van der Waals surface area contributed by atoms with E-state index in [0.29, 0.717) is 5.69 Å². The minimum Gasteiger partial charge on any atom is -0.325 e. The zero-order valence-corrected chi connectivity index (χ0v) is 12.9. The maximum Gasteiger partial charge on any atom is 0.234 e. The Morgan fingerprint density at radius 3 is 2.71 bits per heavy atom. The van der Waals surface area contributed by atoms with Gasteiger partial charge in [-0.05, 0) is 36.6 Å². The SMILES string of the molecule is CSc1cccc(NC(=O)CSc2ccc(F)cc2F)c1. The Balaban J connectivity index is 1.92. The molecule has 0 atom stereocenters. The van der Waals surface area contributed by atoms with Crippen molar-refractivity contribution in [1.82, 2.24) is 0 Å². The van der Waals surface area contributed by atoms with Crippen LogP contribution >= 0.6 is 23.5 Å². The molecule has 0 fully saturated rings. The third-order valence-electron chi connectivity index (χ3n) is 2.61. The number of amides is 1. The van der Waals surface area contributed by atoms with Gasteiger partial charge in [0.15, 0.2) is 0 Å². The van der Waals surface area contributed by atoms with Gasteiger partial charge in [-0.1, -0.05) is 6.07 Å². The second kappa shape index (κ2) is 7.47. The zero-order chi connectivity index (χ0) is 15.2. The first-order valence-electron chi connectivity index (χ1n) is 6.10. The van der Waals surface area contributed by atoms with Crippen molar-refractivity contribution in [2.75, 3.05) is 17.3 Å². The molecule has 0 aliphatic heterocycles. The summed E-state index contributed by atoms with van der Waals surface area (Å²) in [4.78, 5) is 13.1. The molecule has 0 bridgehead atoms. The molecule has 0 heterocycles. The normalized spacial score (nSPS) is 10.4. The number of carbonyl (C=O) groups is 1. The van der Waals surface area contributed by atoms with Crippen molar-refractivity contribution in [2.24, 2.45) is 0 Å². The number of halogens is 2. The lowest BCUT2D eigenvalue weighted by Gasteiger charge is -2.07. The van der Waals surface area contributed by atoms with Crippen LogP contribution in [0.25, 0.3) is 0 Å². The number of hydrogen-bond acceptors (Lipinski definition) is 3. The van der Waals surface area contributed by atoms with Gasteiger partial charge in [0.25, 0.3) is 0 Å². The quantitative estimate of drug-likeness (QED) is 0.825. The molecule has 0 saturated heterocycles. The molecular formula is C15H13F2NOS2. The van der Waals surface area contributed by atoms with E-state index in [1.54, 1.807) is 17.8 Å². The smallest absolute Gasteiger partial charge is 0.234 e. The van der Waals surface area contributed by atoms with Gasteiger partial charge < -0.3 is 5.32 Å². The van der Waals surface area contributed by atoms with Crippen molar-refractivity contribution in [1.29, 1.82) is 0 Å². The molecule has 110 valence electrons. The van der Waals surface area contributed by atoms with Crippen molar-refractivity contribution in [3.8, 4) is 0 Å². The van der Waals surface area contributed by atoms with Gasteiger partial charge in [0.2, 0.25) is 5.91 Å². The fourth-order valence-corrected chi connectivity index (χ4v) is 2.81. The van der Waals surface area contributed by atoms with Gasteiger partial charge in [0, 0.05) is 21.5 Å². The minimum absolute atomic E-state index is 0.0616. The predicted octanol–water partition coefficient (Wildman–Crippen LogP) is 4.42. The number of anilines is 1. The summed E-state index contributed by atoms with van der Waals surface area (Å²) in [5.41, 5.74) is 0.701. The predicted molar refractivity (Wildman–Crippen MR) is 83.9 cm³/mol. The molecule has 2 rings (SSSR count). The van der Waals surface area contributed by atoms with Crippen LogP contribution in [0.1, 0.15) is 0 Å². The second-order valence-corrected chi connectivity index (χ2v) is 6.04. The lowest BCUT2D eigenvalue weighted by Crippen LogP contribution is -2.14. The van der Waals surface area contributed by atoms with Crippen LogP contribution in [0.2, 0.25) is 0 Å². The number of benzene rings is 2. The van der Waals surface area contributed by atoms with E-state index in [4.69, 9.17) is 0 Å². The van der Waals surface area contributed by atoms with E-state index in [0.717, 1.165) is 22.7 Å². The van der Waals surface area contributed by atoms with E-state index >= 15 is 0 Å². The van der Waals surface area contributed by atoms with Crippen LogP contribution in [0.15, 0.2) is 52.3 Å². The molecule has 2 aromatic carbocycles. The molecule has 0 saturated carbocycles. The van der Waals surface area contributed by atoms with Gasteiger partial charge in [0.1, 0.15) is 11.6 Å². The summed E-state index contributed by atoms with van der Waals surface area (Å²) in [6.07, 6.45) is 1.95. The van der Waals surface area contributed by atoms with Crippen LogP contribution in [0.4, 0.5) is 14.5 Å². The summed E-state index contributed by atoms with van der Waals surface area (Å²) in [5.74, 6) is -1.46. The summed E-state index contributed by atoms with van der Waals surface area (Å²) in [5, 5.41) is 2.75. The average Bonchev–Trinajstić information content (AvgIpc) is 2.46. The van der Waals surface area contributed by atoms with Gasteiger partial charge in [-0.25, -0.2) is 8.78 Å². The van der Waals surface area contributed by atoms with Crippen molar-refractivity contribution in [3.63, 3.8) is 0 Å². The molecule has 0 aromatic heterocycles. The Morgan fingerprint density at radius 2 is 2.00 bits per heavy atom. The first-order valence-corrected chi connectivity index (χ1v) is 8.31. The van der Waals surface area contributed by atoms with E-state index < -0.39 is 11.6 Å². The number of carbonyl (C=O) groups excluding carboxylic acids is 1. The number of nitrogens with one attached hydrogen (secondary N) is 1. The first kappa shape index (κ1) is 15.9. The molecule has 0 aliphatic carbocycles. The van der Waals surface area contributed by atoms with Crippen LogP contribution in [0, 0.1) is 11.6 Å². The molecule has 0 spiro atoms. The van der Waals surface area contributed by atoms with Crippen LogP contribution in [-0.4, -0.2) is 17.9 Å². The highest BCUT2D eigenvalue weighted by Gasteiger charge is 2.08. The number of hydrogen-bond donors (Lipinski definition) is 1. The molecule has 0 unspecified atom stereocenters. The molecular weight excluding hydrogens is 312 g/mol. The summed E-state index contributed by atoms with van der Waals surface area (Å²) < 4.78 is 26.2. The summed E-state index contributed by atoms with van der Waals surface area (Å²) >= 11 is 2.62. The van der Waals surface area contributed by atoms with Crippen LogP contribution in [-0.2, 0) is 4.79 Å². The van der Waals surface area contributed by atoms with E-state index in [-0.39, 0.29) is 16.6 Å². The van der Waals surface area contributed by atoms with Gasteiger partial charge in [-0.15, -0.1) is 23.5 Å². The van der Waals surface area contributed by atoms with Gasteiger partial charge in [-0.2, -0.15) is 0 Å². The second-order valence-electron chi connectivity index (χ2n) is 4.14. The highest BCUT2D eigenvalue weighted by atomic mass is 32.2. The standard InChI is InChI=1S/C15H13F2NOS2/c1-20-12-4-2-3-11(8-12)18-15(19)9-21-14-6-5-10(16)7-13(14)17/h2-8H,9H2,1H3,(H,18,19).